The first-order valence-corrected chi connectivity index (χ1v) is 40.1. The van der Waals surface area contributed by atoms with E-state index in [1.807, 2.05) is 0 Å². The molecule has 0 radical (unpaired) electrons. The summed E-state index contributed by atoms with van der Waals surface area (Å²) >= 11 is 0. The summed E-state index contributed by atoms with van der Waals surface area (Å²) in [4.78, 5) is 29.6. The van der Waals surface area contributed by atoms with Crippen LogP contribution in [0.1, 0.15) is 139 Å². The van der Waals surface area contributed by atoms with Gasteiger partial charge in [0.25, 0.3) is 0 Å². The van der Waals surface area contributed by atoms with Gasteiger partial charge in [-0.05, 0) is 136 Å². The molecule has 7 aliphatic heterocycles. The molecule has 0 bridgehead atoms. The number of carbonyl (C=O) groups excluding carboxylic acids is 2. The predicted molar refractivity (Wildman–Crippen MR) is 384 cm³/mol. The van der Waals surface area contributed by atoms with E-state index in [4.69, 9.17) is 71.1 Å². The third-order valence-corrected chi connectivity index (χ3v) is 28.2. The van der Waals surface area contributed by atoms with Crippen molar-refractivity contribution in [3.63, 3.8) is 0 Å². The molecule has 0 aromatic rings. The molecule has 4 saturated carbocycles. The number of allylic oxidation sites excluding steroid dienone is 2. The van der Waals surface area contributed by atoms with E-state index in [9.17, 15) is 102 Å². The average molecular weight is 1640 g/mol. The lowest BCUT2D eigenvalue weighted by Gasteiger charge is -2.72. The number of aliphatic hydroxyl groups excluding tert-OH is 18. The van der Waals surface area contributed by atoms with Crippen molar-refractivity contribution in [3.05, 3.63) is 36.0 Å². The number of carbonyl (C=O) groups is 2. The maximum Gasteiger partial charge on any atom is 0.336 e. The van der Waals surface area contributed by atoms with E-state index in [0.29, 0.717) is 44.9 Å². The Bertz CT molecular complexity index is 3350. The van der Waals surface area contributed by atoms with Gasteiger partial charge in [-0.25, -0.2) is 4.79 Å². The minimum Gasteiger partial charge on any atom is -0.459 e. The van der Waals surface area contributed by atoms with Crippen LogP contribution in [0.25, 0.3) is 0 Å². The van der Waals surface area contributed by atoms with Crippen LogP contribution in [-0.2, 0) is 80.6 Å². The summed E-state index contributed by atoms with van der Waals surface area (Å²) < 4.78 is 89.5. The number of hydrogen-bond acceptors (Lipinski definition) is 36. The van der Waals surface area contributed by atoms with Crippen LogP contribution in [-0.4, -0.2) is 357 Å². The lowest BCUT2D eigenvalue weighted by molar-refractivity contribution is -0.379. The zero-order valence-corrected chi connectivity index (χ0v) is 66.0. The van der Waals surface area contributed by atoms with Gasteiger partial charge in [-0.2, -0.15) is 0 Å². The molecule has 0 aromatic carbocycles. The van der Waals surface area contributed by atoms with E-state index in [0.717, 1.165) is 24.8 Å². The first-order chi connectivity index (χ1) is 53.5. The van der Waals surface area contributed by atoms with Gasteiger partial charge >= 0.3 is 11.9 Å². The summed E-state index contributed by atoms with van der Waals surface area (Å²) in [7, 11) is 0. The van der Waals surface area contributed by atoms with Crippen LogP contribution in [0.15, 0.2) is 36.0 Å². The van der Waals surface area contributed by atoms with E-state index in [-0.39, 0.29) is 47.0 Å². The minimum atomic E-state index is -2.08. The molecule has 114 heavy (non-hydrogen) atoms. The zero-order chi connectivity index (χ0) is 83.2. The second-order valence-corrected chi connectivity index (χ2v) is 36.2. The van der Waals surface area contributed by atoms with Gasteiger partial charge < -0.3 is 168 Å². The Morgan fingerprint density at radius 2 is 1.03 bits per heavy atom. The quantitative estimate of drug-likeness (QED) is 0.0202. The molecule has 7 saturated heterocycles. The van der Waals surface area contributed by atoms with Crippen LogP contribution >= 0.6 is 0 Å². The highest BCUT2D eigenvalue weighted by molar-refractivity contribution is 5.88. The molecule has 11 fully saturated rings. The van der Waals surface area contributed by atoms with Gasteiger partial charge in [0, 0.05) is 0 Å². The van der Waals surface area contributed by atoms with Gasteiger partial charge in [0.2, 0.25) is 6.29 Å². The Morgan fingerprint density at radius 1 is 0.509 bits per heavy atom. The van der Waals surface area contributed by atoms with Crippen LogP contribution in [0, 0.1) is 50.2 Å². The normalized spacial score (nSPS) is 50.2. The van der Waals surface area contributed by atoms with Crippen LogP contribution < -0.4 is 0 Å². The number of ether oxygens (including phenoxy) is 15. The van der Waals surface area contributed by atoms with E-state index in [1.54, 1.807) is 0 Å². The monoisotopic (exact) mass is 1640 g/mol. The Kier molecular flexibility index (Phi) is 27.7. The van der Waals surface area contributed by atoms with Crippen molar-refractivity contribution in [1.82, 2.24) is 0 Å². The number of aliphatic hydroxyl groups is 19. The molecule has 0 spiro atoms. The predicted octanol–water partition coefficient (Wildman–Crippen LogP) is -3.79. The topological polar surface area (TPSA) is 557 Å². The fourth-order valence-corrected chi connectivity index (χ4v) is 20.9. The van der Waals surface area contributed by atoms with Crippen LogP contribution in [0.4, 0.5) is 0 Å². The van der Waals surface area contributed by atoms with Crippen molar-refractivity contribution >= 4 is 11.9 Å². The third kappa shape index (κ3) is 17.1. The van der Waals surface area contributed by atoms with E-state index in [1.165, 1.54) is 26.0 Å². The molecular weight excluding hydrogens is 1510 g/mol. The number of esters is 2. The van der Waals surface area contributed by atoms with Gasteiger partial charge in [-0.1, -0.05) is 72.3 Å². The smallest absolute Gasteiger partial charge is 0.336 e. The van der Waals surface area contributed by atoms with Crippen molar-refractivity contribution in [2.75, 3.05) is 46.2 Å². The summed E-state index contributed by atoms with van der Waals surface area (Å²) in [6.45, 7) is 18.2. The molecule has 36 nitrogen and oxygen atoms in total. The molecule has 12 rings (SSSR count). The lowest BCUT2D eigenvalue weighted by atomic mass is 9.32. The highest BCUT2D eigenvalue weighted by Crippen LogP contribution is 2.77. The third-order valence-electron chi connectivity index (χ3n) is 28.2. The summed E-state index contributed by atoms with van der Waals surface area (Å²) in [6, 6.07) is 0. The number of fused-ring (bicyclic) bond motifs is 7. The van der Waals surface area contributed by atoms with E-state index < -0.39 is 282 Å². The van der Waals surface area contributed by atoms with Gasteiger partial charge in [-0.15, -0.1) is 6.58 Å². The first kappa shape index (κ1) is 90.1. The maximum atomic E-state index is 16.1. The van der Waals surface area contributed by atoms with Crippen molar-refractivity contribution in [2.45, 2.75) is 342 Å². The second-order valence-electron chi connectivity index (χ2n) is 36.2. The number of rotatable bonds is 23. The molecule has 40 atom stereocenters. The lowest BCUT2D eigenvalue weighted by Crippen LogP contribution is -2.67. The van der Waals surface area contributed by atoms with Gasteiger partial charge in [0.15, 0.2) is 43.8 Å². The molecular formula is C78H124O36. The van der Waals surface area contributed by atoms with Crippen molar-refractivity contribution < 1.29 is 178 Å². The first-order valence-electron chi connectivity index (χ1n) is 40.1. The highest BCUT2D eigenvalue weighted by Gasteiger charge is 2.71. The molecule has 5 aliphatic carbocycles. The molecule has 1 unspecified atom stereocenters. The molecule has 652 valence electrons. The summed E-state index contributed by atoms with van der Waals surface area (Å²) in [5.41, 5.74) is -3.97. The molecule has 19 N–H and O–H groups in total. The van der Waals surface area contributed by atoms with Crippen LogP contribution in [0.2, 0.25) is 0 Å². The van der Waals surface area contributed by atoms with Crippen LogP contribution in [0.3, 0.4) is 0 Å². The van der Waals surface area contributed by atoms with Gasteiger partial charge in [-0.3, -0.25) is 4.79 Å². The minimum absolute atomic E-state index is 0.0402. The molecule has 0 aromatic heterocycles. The highest BCUT2D eigenvalue weighted by atomic mass is 16.8. The van der Waals surface area contributed by atoms with E-state index >= 15 is 4.79 Å². The molecule has 12 aliphatic rings. The maximum absolute atomic E-state index is 16.1. The standard InChI is InChI=1S/C78H124O36/c1-11-74(7,99)18-12-13-34(26-79)63(97)100-31-41-50(88)52(90)62(113-67-57(95)53(91)59(33(2)106-67)110-66-58(96)60(40(83)30-103-66)111-64-54(92)46(84)37(80)27-101-64)70(108-41)114-71(98)78-23-21-72(3,4)25-36(78)35-14-15-44-75(8)19-17-45(73(5,6)43(75)16-20-77(44,10)76(35,9)22-24-78)109-68-56(94)51(89)49(87)42(107-68)32-105-69-61(48(86)39(82)29-104-69)112-65-55(93)47(85)38(81)28-102-65/h11,13,25,33,35,37-62,64-70,79-96,99H,1,12,14-24,26-32H2,2-10H3/b34-13+/t33-,35+,37+,38+,39-,40+,41+,42+,43-,44+,45-,46-,47-,48-,49+,50+,51-,52-,53-,54+,55+,56+,57+,58+,59-,60-,61+,62+,64-,65-,66-,67-,68-,69-,70-,74?,75-,76+,77+,78-/m0/s1. The average Bonchev–Trinajstić information content (AvgIpc) is 0.673. The second kappa shape index (κ2) is 35.0. The Morgan fingerprint density at radius 3 is 1.67 bits per heavy atom. The van der Waals surface area contributed by atoms with E-state index in [2.05, 4.69) is 61.1 Å². The molecule has 7 heterocycles. The summed E-state index contributed by atoms with van der Waals surface area (Å²) in [5.74, 6) is -1.78. The zero-order valence-electron chi connectivity index (χ0n) is 66.0. The Labute approximate surface area is 661 Å². The van der Waals surface area contributed by atoms with Crippen LogP contribution in [0.5, 0.6) is 0 Å². The summed E-state index contributed by atoms with van der Waals surface area (Å²) in [5, 5.41) is 208. The van der Waals surface area contributed by atoms with Gasteiger partial charge in [0.05, 0.1) is 68.4 Å². The van der Waals surface area contributed by atoms with Crippen molar-refractivity contribution in [1.29, 1.82) is 0 Å². The Hall–Kier alpha value is -3.12. The number of hydrogen-bond donors (Lipinski definition) is 19. The summed E-state index contributed by atoms with van der Waals surface area (Å²) in [6.07, 6.45) is -41.9. The fraction of sp³-hybridized carbons (Fsp3) is 0.897. The van der Waals surface area contributed by atoms with Crippen molar-refractivity contribution in [3.8, 4) is 0 Å². The fourth-order valence-electron chi connectivity index (χ4n) is 20.9. The van der Waals surface area contributed by atoms with Crippen molar-refractivity contribution in [2.24, 2.45) is 50.2 Å². The largest absolute Gasteiger partial charge is 0.459 e. The molecule has 0 amide bonds. The SMILES string of the molecule is C=CC(C)(O)CC/C=C(\CO)C(=O)OC[C@H]1O[C@@H](OC(=O)[C@]23CCC(C)(C)C=C2[C@H]2CC[C@@H]4[C@@]5(C)CC[C@H](O[C@@H]6O[C@H](CO[C@@H]7OC[C@H](O)[C@H](O)[C@H]7O[C@@H]7OC[C@@H](O)[C@H](O)[C@H]7O)[C@@H](O)[C@H](O)[C@H]6O)C(C)(C)[C@@H]5CC[C@@]4(C)[C@]2(C)CC3)[C@H](O[C@@H]2O[C@@H](C)[C@H](O[C@@H]3OC[C@@H](O)[C@H](O[C@@H]4OC[C@@H](O)[C@H](O)[C@H]4O)[C@H]3O)[C@@H](O)[C@H]2O)[C@@H](O)[C@@H]1O. The molecule has 36 heteroatoms. The van der Waals surface area contributed by atoms with Gasteiger partial charge in [0.1, 0.15) is 141 Å². The Balaban J connectivity index is 0.746.